The van der Waals surface area contributed by atoms with E-state index in [-0.39, 0.29) is 5.56 Å². The van der Waals surface area contributed by atoms with Crippen molar-refractivity contribution in [3.8, 4) is 5.75 Å². The molecule has 3 nitrogen and oxygen atoms in total. The van der Waals surface area contributed by atoms with Crippen molar-refractivity contribution >= 4 is 17.8 Å². The van der Waals surface area contributed by atoms with Crippen LogP contribution in [0, 0.1) is 0 Å². The molecule has 0 aliphatic carbocycles. The number of carbonyl (C=O) groups is 2. The van der Waals surface area contributed by atoms with E-state index in [1.165, 1.54) is 13.0 Å². The summed E-state index contributed by atoms with van der Waals surface area (Å²) in [6.45, 7) is 1.18. The SMILES string of the molecule is CC(=O)c1ccc(C(F)(F)F)cc1OC(=O)/C=C/c1ccccc1. The Bertz CT molecular complexity index is 778. The second kappa shape index (κ2) is 7.12. The van der Waals surface area contributed by atoms with Crippen molar-refractivity contribution < 1.29 is 27.5 Å². The summed E-state index contributed by atoms with van der Waals surface area (Å²) in [6.07, 6.45) is -2.06. The predicted molar refractivity (Wildman–Crippen MR) is 82.6 cm³/mol. The van der Waals surface area contributed by atoms with Gasteiger partial charge in [0.05, 0.1) is 11.1 Å². The molecule has 0 heterocycles. The van der Waals surface area contributed by atoms with E-state index in [9.17, 15) is 22.8 Å². The summed E-state index contributed by atoms with van der Waals surface area (Å²) in [4.78, 5) is 23.3. The smallest absolute Gasteiger partial charge is 0.416 e. The number of Topliss-reactive ketones (excluding diaryl/α,β-unsaturated/α-hetero) is 1. The maximum atomic E-state index is 12.8. The topological polar surface area (TPSA) is 43.4 Å². The van der Waals surface area contributed by atoms with Gasteiger partial charge < -0.3 is 4.74 Å². The summed E-state index contributed by atoms with van der Waals surface area (Å²) in [5.74, 6) is -1.79. The first kappa shape index (κ1) is 17.5. The Morgan fingerprint density at radius 3 is 2.29 bits per heavy atom. The molecule has 0 bridgehead atoms. The molecule has 124 valence electrons. The number of halogens is 3. The van der Waals surface area contributed by atoms with E-state index in [0.29, 0.717) is 6.07 Å². The Labute approximate surface area is 136 Å². The first-order valence-corrected chi connectivity index (χ1v) is 6.94. The standard InChI is InChI=1S/C18H13F3O3/c1-12(22)15-9-8-14(18(19,20)21)11-16(15)24-17(23)10-7-13-5-3-2-4-6-13/h2-11H,1H3/b10-7+. The lowest BCUT2D eigenvalue weighted by molar-refractivity contribution is -0.138. The minimum atomic E-state index is -4.60. The summed E-state index contributed by atoms with van der Waals surface area (Å²) in [5, 5.41) is 0. The largest absolute Gasteiger partial charge is 0.423 e. The Hall–Kier alpha value is -2.89. The molecule has 0 aliphatic rings. The van der Waals surface area contributed by atoms with Gasteiger partial charge in [-0.1, -0.05) is 30.3 Å². The normalized spacial score (nSPS) is 11.5. The Morgan fingerprint density at radius 1 is 1.04 bits per heavy atom. The van der Waals surface area contributed by atoms with Gasteiger partial charge in [0, 0.05) is 6.08 Å². The summed E-state index contributed by atoms with van der Waals surface area (Å²) >= 11 is 0. The summed E-state index contributed by atoms with van der Waals surface area (Å²) in [6, 6.07) is 11.2. The van der Waals surface area contributed by atoms with E-state index in [1.807, 2.05) is 0 Å². The minimum absolute atomic E-state index is 0.0931. The van der Waals surface area contributed by atoms with Gasteiger partial charge in [-0.3, -0.25) is 4.79 Å². The van der Waals surface area contributed by atoms with Crippen molar-refractivity contribution in [1.29, 1.82) is 0 Å². The highest BCUT2D eigenvalue weighted by atomic mass is 19.4. The first-order chi connectivity index (χ1) is 11.3. The molecule has 0 spiro atoms. The van der Waals surface area contributed by atoms with E-state index in [0.717, 1.165) is 23.8 Å². The quantitative estimate of drug-likeness (QED) is 0.357. The van der Waals surface area contributed by atoms with Crippen LogP contribution in [-0.2, 0) is 11.0 Å². The van der Waals surface area contributed by atoms with Gasteiger partial charge in [0.25, 0.3) is 0 Å². The Kier molecular flexibility index (Phi) is 5.18. The van der Waals surface area contributed by atoms with Crippen molar-refractivity contribution in [1.82, 2.24) is 0 Å². The van der Waals surface area contributed by atoms with E-state index in [1.54, 1.807) is 30.3 Å². The van der Waals surface area contributed by atoms with Crippen LogP contribution in [0.4, 0.5) is 13.2 Å². The number of carbonyl (C=O) groups excluding carboxylic acids is 2. The monoisotopic (exact) mass is 334 g/mol. The molecule has 0 aromatic heterocycles. The first-order valence-electron chi connectivity index (χ1n) is 6.94. The van der Waals surface area contributed by atoms with Crippen LogP contribution in [0.15, 0.2) is 54.6 Å². The number of ketones is 1. The van der Waals surface area contributed by atoms with Gasteiger partial charge in [-0.15, -0.1) is 0 Å². The zero-order valence-electron chi connectivity index (χ0n) is 12.6. The number of hydrogen-bond donors (Lipinski definition) is 0. The molecule has 24 heavy (non-hydrogen) atoms. The lowest BCUT2D eigenvalue weighted by Gasteiger charge is -2.11. The number of rotatable bonds is 4. The van der Waals surface area contributed by atoms with Gasteiger partial charge in [-0.2, -0.15) is 13.2 Å². The fourth-order valence-electron chi connectivity index (χ4n) is 1.94. The second-order valence-electron chi connectivity index (χ2n) is 4.93. The highest BCUT2D eigenvalue weighted by Crippen LogP contribution is 2.33. The molecule has 0 radical (unpaired) electrons. The van der Waals surface area contributed by atoms with Crippen molar-refractivity contribution in [2.45, 2.75) is 13.1 Å². The zero-order valence-corrected chi connectivity index (χ0v) is 12.6. The van der Waals surface area contributed by atoms with Crippen LogP contribution in [-0.4, -0.2) is 11.8 Å². The molecular weight excluding hydrogens is 321 g/mol. The number of benzene rings is 2. The van der Waals surface area contributed by atoms with E-state index in [2.05, 4.69) is 0 Å². The van der Waals surface area contributed by atoms with Gasteiger partial charge in [-0.25, -0.2) is 4.79 Å². The lowest BCUT2D eigenvalue weighted by atomic mass is 10.1. The predicted octanol–water partition coefficient (Wildman–Crippen LogP) is 4.53. The van der Waals surface area contributed by atoms with Gasteiger partial charge in [0.1, 0.15) is 5.75 Å². The fourth-order valence-corrected chi connectivity index (χ4v) is 1.94. The summed E-state index contributed by atoms with van der Waals surface area (Å²) in [5.41, 5.74) is -0.364. The average Bonchev–Trinajstić information content (AvgIpc) is 2.53. The highest BCUT2D eigenvalue weighted by molar-refractivity contribution is 5.98. The third-order valence-corrected chi connectivity index (χ3v) is 3.11. The van der Waals surface area contributed by atoms with Gasteiger partial charge >= 0.3 is 12.1 Å². The van der Waals surface area contributed by atoms with E-state index in [4.69, 9.17) is 4.74 Å². The van der Waals surface area contributed by atoms with Crippen LogP contribution < -0.4 is 4.74 Å². The van der Waals surface area contributed by atoms with E-state index < -0.39 is 29.2 Å². The fraction of sp³-hybridized carbons (Fsp3) is 0.111. The van der Waals surface area contributed by atoms with Gasteiger partial charge in [-0.05, 0) is 36.8 Å². The molecule has 2 rings (SSSR count). The third-order valence-electron chi connectivity index (χ3n) is 3.11. The van der Waals surface area contributed by atoms with E-state index >= 15 is 0 Å². The number of alkyl halides is 3. The van der Waals surface area contributed by atoms with Crippen LogP contribution in [0.25, 0.3) is 6.08 Å². The molecule has 0 N–H and O–H groups in total. The molecule has 0 saturated heterocycles. The summed E-state index contributed by atoms with van der Waals surface area (Å²) < 4.78 is 43.2. The Morgan fingerprint density at radius 2 is 1.71 bits per heavy atom. The van der Waals surface area contributed by atoms with Crippen LogP contribution >= 0.6 is 0 Å². The molecule has 0 amide bonds. The zero-order chi connectivity index (χ0) is 17.7. The summed E-state index contributed by atoms with van der Waals surface area (Å²) in [7, 11) is 0. The van der Waals surface area contributed by atoms with Crippen molar-refractivity contribution in [3.63, 3.8) is 0 Å². The molecule has 0 saturated carbocycles. The molecular formula is C18H13F3O3. The third kappa shape index (κ3) is 4.55. The minimum Gasteiger partial charge on any atom is -0.423 e. The van der Waals surface area contributed by atoms with Crippen LogP contribution in [0.1, 0.15) is 28.4 Å². The van der Waals surface area contributed by atoms with Gasteiger partial charge in [0.15, 0.2) is 5.78 Å². The average molecular weight is 334 g/mol. The van der Waals surface area contributed by atoms with Crippen LogP contribution in [0.5, 0.6) is 5.75 Å². The van der Waals surface area contributed by atoms with Crippen LogP contribution in [0.2, 0.25) is 0 Å². The molecule has 2 aromatic carbocycles. The highest BCUT2D eigenvalue weighted by Gasteiger charge is 2.31. The Balaban J connectivity index is 2.25. The van der Waals surface area contributed by atoms with Crippen molar-refractivity contribution in [2.24, 2.45) is 0 Å². The second-order valence-corrected chi connectivity index (χ2v) is 4.93. The molecule has 0 unspecified atom stereocenters. The number of hydrogen-bond acceptors (Lipinski definition) is 3. The van der Waals surface area contributed by atoms with Gasteiger partial charge in [0.2, 0.25) is 0 Å². The molecule has 2 aromatic rings. The maximum absolute atomic E-state index is 12.8. The number of esters is 1. The van der Waals surface area contributed by atoms with Crippen LogP contribution in [0.3, 0.4) is 0 Å². The molecule has 0 atom stereocenters. The molecule has 0 fully saturated rings. The maximum Gasteiger partial charge on any atom is 0.416 e. The van der Waals surface area contributed by atoms with Crippen molar-refractivity contribution in [3.05, 3.63) is 71.3 Å². The van der Waals surface area contributed by atoms with Crippen molar-refractivity contribution in [2.75, 3.05) is 0 Å². The molecule has 6 heteroatoms. The number of ether oxygens (including phenoxy) is 1. The lowest BCUT2D eigenvalue weighted by Crippen LogP contribution is -2.11. The molecule has 0 aliphatic heterocycles.